The zero-order valence-electron chi connectivity index (χ0n) is 14.2. The van der Waals surface area contributed by atoms with Crippen molar-refractivity contribution in [3.63, 3.8) is 0 Å². The van der Waals surface area contributed by atoms with E-state index in [9.17, 15) is 0 Å². The van der Waals surface area contributed by atoms with Crippen LogP contribution in [-0.2, 0) is 17.9 Å². The second kappa shape index (κ2) is 6.62. The number of hydrogen-bond donors (Lipinski definition) is 1. The highest BCUT2D eigenvalue weighted by Crippen LogP contribution is 2.29. The van der Waals surface area contributed by atoms with Crippen LogP contribution in [0.5, 0.6) is 0 Å². The molecule has 3 aromatic rings. The third-order valence-electron chi connectivity index (χ3n) is 3.81. The molecular weight excluding hydrogens is 372 g/mol. The largest absolute Gasteiger partial charge is 0.382 e. The topological polar surface area (TPSA) is 82.1 Å². The van der Waals surface area contributed by atoms with Gasteiger partial charge < -0.3 is 15.1 Å². The van der Waals surface area contributed by atoms with Gasteiger partial charge in [0.1, 0.15) is 22.4 Å². The molecule has 0 atom stereocenters. The number of aromatic nitrogens is 4. The lowest BCUT2D eigenvalue weighted by Crippen LogP contribution is -2.20. The van der Waals surface area contributed by atoms with Gasteiger partial charge in [0.05, 0.1) is 19.2 Å². The molecule has 7 nitrogen and oxygen atoms in total. The Balaban J connectivity index is 2.32. The van der Waals surface area contributed by atoms with Gasteiger partial charge >= 0.3 is 0 Å². The molecule has 3 heterocycles. The van der Waals surface area contributed by atoms with Crippen molar-refractivity contribution in [1.29, 1.82) is 0 Å². The van der Waals surface area contributed by atoms with Crippen molar-refractivity contribution < 1.29 is 4.84 Å². The van der Waals surface area contributed by atoms with Crippen molar-refractivity contribution in [2.45, 2.75) is 26.9 Å². The SMILES string of the molecule is CON(C)Cc1nc2c(N)nc3cc(Br)cnc3c2n1CC(C)C. The summed E-state index contributed by atoms with van der Waals surface area (Å²) in [7, 11) is 3.51. The second-order valence-electron chi connectivity index (χ2n) is 6.22. The van der Waals surface area contributed by atoms with E-state index in [2.05, 4.69) is 44.3 Å². The number of anilines is 1. The van der Waals surface area contributed by atoms with Crippen LogP contribution < -0.4 is 5.73 Å². The average molecular weight is 393 g/mol. The summed E-state index contributed by atoms with van der Waals surface area (Å²) in [6, 6.07) is 1.92. The van der Waals surface area contributed by atoms with Crippen molar-refractivity contribution in [3.8, 4) is 0 Å². The molecule has 2 N–H and O–H groups in total. The Hall–Kier alpha value is -1.77. The quantitative estimate of drug-likeness (QED) is 0.672. The smallest absolute Gasteiger partial charge is 0.152 e. The first-order chi connectivity index (χ1) is 11.4. The molecule has 3 aromatic heterocycles. The van der Waals surface area contributed by atoms with Gasteiger partial charge in [0.15, 0.2) is 5.82 Å². The van der Waals surface area contributed by atoms with E-state index in [1.807, 2.05) is 13.1 Å². The van der Waals surface area contributed by atoms with Crippen LogP contribution in [0.4, 0.5) is 5.82 Å². The van der Waals surface area contributed by atoms with E-state index in [1.165, 1.54) is 0 Å². The van der Waals surface area contributed by atoms with Crippen LogP contribution in [0.3, 0.4) is 0 Å². The van der Waals surface area contributed by atoms with Crippen LogP contribution in [0.15, 0.2) is 16.7 Å². The average Bonchev–Trinajstić information content (AvgIpc) is 2.85. The summed E-state index contributed by atoms with van der Waals surface area (Å²) in [5, 5.41) is 1.73. The number of fused-ring (bicyclic) bond motifs is 3. The Morgan fingerprint density at radius 3 is 2.75 bits per heavy atom. The molecule has 0 unspecified atom stereocenters. The number of nitrogen functional groups attached to an aromatic ring is 1. The summed E-state index contributed by atoms with van der Waals surface area (Å²) in [6.45, 7) is 5.72. The molecular formula is C16H21BrN6O. The molecule has 0 aromatic carbocycles. The van der Waals surface area contributed by atoms with Crippen molar-refractivity contribution in [2.75, 3.05) is 19.9 Å². The summed E-state index contributed by atoms with van der Waals surface area (Å²) in [5.74, 6) is 1.75. The molecule has 0 aliphatic heterocycles. The molecule has 0 amide bonds. The van der Waals surface area contributed by atoms with Gasteiger partial charge in [-0.2, -0.15) is 5.06 Å². The molecule has 24 heavy (non-hydrogen) atoms. The number of nitrogens with two attached hydrogens (primary N) is 1. The number of rotatable bonds is 5. The first-order valence-electron chi connectivity index (χ1n) is 7.75. The Morgan fingerprint density at radius 2 is 2.08 bits per heavy atom. The van der Waals surface area contributed by atoms with E-state index in [0.29, 0.717) is 23.8 Å². The van der Waals surface area contributed by atoms with E-state index in [-0.39, 0.29) is 0 Å². The first-order valence-corrected chi connectivity index (χ1v) is 8.55. The highest BCUT2D eigenvalue weighted by atomic mass is 79.9. The molecule has 128 valence electrons. The van der Waals surface area contributed by atoms with Crippen LogP contribution in [0, 0.1) is 5.92 Å². The fourth-order valence-corrected chi connectivity index (χ4v) is 3.06. The summed E-state index contributed by atoms with van der Waals surface area (Å²) in [6.07, 6.45) is 1.77. The van der Waals surface area contributed by atoms with E-state index >= 15 is 0 Å². The minimum atomic E-state index is 0.418. The Kier molecular flexibility index (Phi) is 4.71. The van der Waals surface area contributed by atoms with Gasteiger partial charge in [-0.15, -0.1) is 0 Å². The molecule has 0 bridgehead atoms. The second-order valence-corrected chi connectivity index (χ2v) is 7.13. The minimum Gasteiger partial charge on any atom is -0.382 e. The number of halogens is 1. The lowest BCUT2D eigenvalue weighted by molar-refractivity contribution is -0.118. The number of pyridine rings is 2. The van der Waals surface area contributed by atoms with E-state index in [1.54, 1.807) is 18.4 Å². The van der Waals surface area contributed by atoms with Gasteiger partial charge in [-0.1, -0.05) is 13.8 Å². The van der Waals surface area contributed by atoms with Gasteiger partial charge in [-0.3, -0.25) is 4.98 Å². The highest BCUT2D eigenvalue weighted by Gasteiger charge is 2.19. The predicted octanol–water partition coefficient (Wildman–Crippen LogP) is 2.97. The first kappa shape index (κ1) is 17.1. The number of hydroxylamine groups is 2. The van der Waals surface area contributed by atoms with E-state index in [0.717, 1.165) is 33.4 Å². The maximum atomic E-state index is 6.17. The number of imidazole rings is 1. The molecule has 0 spiro atoms. The lowest BCUT2D eigenvalue weighted by Gasteiger charge is -2.16. The Labute approximate surface area is 148 Å². The Morgan fingerprint density at radius 1 is 1.33 bits per heavy atom. The summed E-state index contributed by atoms with van der Waals surface area (Å²) < 4.78 is 3.05. The van der Waals surface area contributed by atoms with Crippen molar-refractivity contribution in [1.82, 2.24) is 24.6 Å². The van der Waals surface area contributed by atoms with Gasteiger partial charge in [0, 0.05) is 24.3 Å². The molecule has 3 rings (SSSR count). The third kappa shape index (κ3) is 3.09. The fraction of sp³-hybridized carbons (Fsp3) is 0.438. The van der Waals surface area contributed by atoms with Crippen LogP contribution in [0.1, 0.15) is 19.7 Å². The van der Waals surface area contributed by atoms with Gasteiger partial charge in [-0.25, -0.2) is 9.97 Å². The maximum Gasteiger partial charge on any atom is 0.152 e. The van der Waals surface area contributed by atoms with E-state index in [4.69, 9.17) is 15.6 Å². The third-order valence-corrected chi connectivity index (χ3v) is 4.25. The standard InChI is InChI=1S/C16H21BrN6O/c1-9(2)7-23-12(8-22(3)24-4)21-14-15(23)13-11(20-16(14)18)5-10(17)6-19-13/h5-6,9H,7-8H2,1-4H3,(H2,18,20). The van der Waals surface area contributed by atoms with Crippen LogP contribution >= 0.6 is 15.9 Å². The van der Waals surface area contributed by atoms with Gasteiger partial charge in [0.25, 0.3) is 0 Å². The monoisotopic (exact) mass is 392 g/mol. The fourth-order valence-electron chi connectivity index (χ4n) is 2.74. The summed E-state index contributed by atoms with van der Waals surface area (Å²) >= 11 is 3.44. The van der Waals surface area contributed by atoms with Gasteiger partial charge in [-0.05, 0) is 27.9 Å². The van der Waals surface area contributed by atoms with Crippen molar-refractivity contribution in [3.05, 3.63) is 22.6 Å². The molecule has 0 saturated heterocycles. The molecule has 0 saturated carbocycles. The van der Waals surface area contributed by atoms with Crippen molar-refractivity contribution in [2.24, 2.45) is 5.92 Å². The zero-order chi connectivity index (χ0) is 17.4. The molecule has 0 aliphatic carbocycles. The van der Waals surface area contributed by atoms with Gasteiger partial charge in [0.2, 0.25) is 0 Å². The molecule has 8 heteroatoms. The predicted molar refractivity (Wildman–Crippen MR) is 98.3 cm³/mol. The molecule has 0 aliphatic rings. The number of hydrogen-bond acceptors (Lipinski definition) is 6. The summed E-state index contributed by atoms with van der Waals surface area (Å²) in [4.78, 5) is 19.0. The zero-order valence-corrected chi connectivity index (χ0v) is 15.8. The number of nitrogens with zero attached hydrogens (tertiary/aromatic N) is 5. The molecule has 0 fully saturated rings. The Bertz CT molecular complexity index is 891. The van der Waals surface area contributed by atoms with Crippen LogP contribution in [0.2, 0.25) is 0 Å². The maximum absolute atomic E-state index is 6.17. The minimum absolute atomic E-state index is 0.418. The molecule has 0 radical (unpaired) electrons. The van der Waals surface area contributed by atoms with Crippen LogP contribution in [0.25, 0.3) is 22.1 Å². The van der Waals surface area contributed by atoms with Crippen molar-refractivity contribution >= 4 is 43.8 Å². The normalized spacial score (nSPS) is 12.1. The summed E-state index contributed by atoms with van der Waals surface area (Å²) in [5.41, 5.74) is 9.36. The van der Waals surface area contributed by atoms with Crippen LogP contribution in [-0.4, -0.2) is 38.7 Å². The van der Waals surface area contributed by atoms with E-state index < -0.39 is 0 Å². The highest BCUT2D eigenvalue weighted by molar-refractivity contribution is 9.10. The lowest BCUT2D eigenvalue weighted by atomic mass is 10.2.